The van der Waals surface area contributed by atoms with Gasteiger partial charge in [-0.15, -0.1) is 23.7 Å². The molecule has 0 spiro atoms. The average molecular weight is 388 g/mol. The Morgan fingerprint density at radius 1 is 1.37 bits per heavy atom. The minimum absolute atomic E-state index is 0. The highest BCUT2D eigenvalue weighted by atomic mass is 79.9. The first-order valence-electron chi connectivity index (χ1n) is 5.95. The first-order valence-corrected chi connectivity index (χ1v) is 9.00. The number of aryl methyl sites for hydroxylation is 1. The molecule has 1 aromatic heterocycles. The predicted octanol–water partition coefficient (Wildman–Crippen LogP) is 2.08. The van der Waals surface area contributed by atoms with Crippen LogP contribution in [0.3, 0.4) is 0 Å². The molecule has 2 aliphatic heterocycles. The lowest BCUT2D eigenvalue weighted by Crippen LogP contribution is -2.31. The van der Waals surface area contributed by atoms with Gasteiger partial charge in [-0.2, -0.15) is 4.31 Å². The van der Waals surface area contributed by atoms with Crippen LogP contribution in [0.15, 0.2) is 14.1 Å². The summed E-state index contributed by atoms with van der Waals surface area (Å²) in [6, 6.07) is 1.76. The van der Waals surface area contributed by atoms with Crippen molar-refractivity contribution in [2.45, 2.75) is 11.1 Å². The smallest absolute Gasteiger partial charge is 0.252 e. The number of sulfonamides is 1. The molecular formula is C11H16BrClN2O2S2. The molecule has 3 heterocycles. The quantitative estimate of drug-likeness (QED) is 0.845. The molecule has 0 radical (unpaired) electrons. The second-order valence-electron chi connectivity index (χ2n) is 5.02. The second-order valence-corrected chi connectivity index (χ2v) is 9.56. The van der Waals surface area contributed by atoms with E-state index in [1.54, 1.807) is 10.4 Å². The number of rotatable bonds is 2. The van der Waals surface area contributed by atoms with Crippen LogP contribution in [-0.2, 0) is 10.0 Å². The molecule has 0 bridgehead atoms. The maximum Gasteiger partial charge on any atom is 0.252 e. The third-order valence-corrected chi connectivity index (χ3v) is 8.20. The Bertz CT molecular complexity index is 544. The lowest BCUT2D eigenvalue weighted by atomic mass is 10.0. The first kappa shape index (κ1) is 15.7. The van der Waals surface area contributed by atoms with Gasteiger partial charge >= 0.3 is 0 Å². The highest BCUT2D eigenvalue weighted by molar-refractivity contribution is 9.11. The summed E-state index contributed by atoms with van der Waals surface area (Å²) in [6.07, 6.45) is 0. The van der Waals surface area contributed by atoms with E-state index in [2.05, 4.69) is 21.2 Å². The fourth-order valence-electron chi connectivity index (χ4n) is 2.69. The zero-order valence-corrected chi connectivity index (χ0v) is 14.5. The third kappa shape index (κ3) is 2.73. The minimum Gasteiger partial charge on any atom is -0.316 e. The highest BCUT2D eigenvalue weighted by Crippen LogP contribution is 2.36. The van der Waals surface area contributed by atoms with Crippen LogP contribution < -0.4 is 5.32 Å². The summed E-state index contributed by atoms with van der Waals surface area (Å²) in [5.74, 6) is 0.980. The Labute approximate surface area is 132 Å². The van der Waals surface area contributed by atoms with Crippen LogP contribution in [0.1, 0.15) is 5.56 Å². The molecule has 2 atom stereocenters. The van der Waals surface area contributed by atoms with Crippen LogP contribution in [0.2, 0.25) is 0 Å². The van der Waals surface area contributed by atoms with Gasteiger partial charge in [-0.3, -0.25) is 0 Å². The molecule has 0 amide bonds. The molecule has 0 aliphatic carbocycles. The Hall–Kier alpha value is 0.340. The van der Waals surface area contributed by atoms with Crippen molar-refractivity contribution >= 4 is 49.7 Å². The van der Waals surface area contributed by atoms with Gasteiger partial charge in [0.05, 0.1) is 3.79 Å². The maximum atomic E-state index is 12.5. The zero-order valence-electron chi connectivity index (χ0n) is 10.4. The van der Waals surface area contributed by atoms with Crippen LogP contribution in [0.5, 0.6) is 0 Å². The van der Waals surface area contributed by atoms with E-state index in [1.165, 1.54) is 11.3 Å². The van der Waals surface area contributed by atoms with E-state index in [-0.39, 0.29) is 12.4 Å². The van der Waals surface area contributed by atoms with Crippen molar-refractivity contribution in [2.75, 3.05) is 26.2 Å². The summed E-state index contributed by atoms with van der Waals surface area (Å²) < 4.78 is 28.1. The molecule has 8 heteroatoms. The summed E-state index contributed by atoms with van der Waals surface area (Å²) in [4.78, 5) is 0. The van der Waals surface area contributed by atoms with Crippen LogP contribution >= 0.6 is 39.7 Å². The summed E-state index contributed by atoms with van der Waals surface area (Å²) in [5.41, 5.74) is 0.986. The summed E-state index contributed by atoms with van der Waals surface area (Å²) in [7, 11) is -3.29. The molecule has 2 aliphatic rings. The lowest BCUT2D eigenvalue weighted by Gasteiger charge is -2.15. The standard InChI is InChI=1S/C11H15BrN2O2S2.ClH/c1-7-2-10(17-11(7)12)18(15,16)14-5-8-3-13-4-9(8)6-14;/h2,8-9,13H,3-6H2,1H3;1H/t8-,9+;. The number of fused-ring (bicyclic) bond motifs is 1. The normalized spacial score (nSPS) is 27.3. The Balaban J connectivity index is 0.00000133. The first-order chi connectivity index (χ1) is 8.48. The largest absolute Gasteiger partial charge is 0.316 e. The molecule has 0 saturated carbocycles. The molecule has 1 aromatic rings. The summed E-state index contributed by atoms with van der Waals surface area (Å²) in [6.45, 7) is 5.14. The minimum atomic E-state index is -3.29. The Morgan fingerprint density at radius 2 is 1.95 bits per heavy atom. The molecule has 108 valence electrons. The van der Waals surface area contributed by atoms with Crippen LogP contribution in [0.4, 0.5) is 0 Å². The van der Waals surface area contributed by atoms with Crippen molar-refractivity contribution in [3.63, 3.8) is 0 Å². The molecule has 4 nitrogen and oxygen atoms in total. The van der Waals surface area contributed by atoms with Crippen molar-refractivity contribution in [3.05, 3.63) is 15.4 Å². The van der Waals surface area contributed by atoms with Gasteiger partial charge in [-0.25, -0.2) is 8.42 Å². The number of nitrogens with one attached hydrogen (secondary N) is 1. The highest BCUT2D eigenvalue weighted by Gasteiger charge is 2.41. The summed E-state index contributed by atoms with van der Waals surface area (Å²) >= 11 is 4.70. The number of halogens is 2. The zero-order chi connectivity index (χ0) is 12.9. The summed E-state index contributed by atoms with van der Waals surface area (Å²) in [5, 5.41) is 3.32. The van der Waals surface area contributed by atoms with E-state index in [1.807, 2.05) is 6.92 Å². The van der Waals surface area contributed by atoms with Gasteiger partial charge in [0.2, 0.25) is 0 Å². The van der Waals surface area contributed by atoms with E-state index in [4.69, 9.17) is 0 Å². The van der Waals surface area contributed by atoms with E-state index < -0.39 is 10.0 Å². The molecule has 2 saturated heterocycles. The van der Waals surface area contributed by atoms with Gasteiger partial charge in [0.25, 0.3) is 10.0 Å². The van der Waals surface area contributed by atoms with Gasteiger partial charge in [-0.1, -0.05) is 0 Å². The van der Waals surface area contributed by atoms with E-state index in [0.717, 1.165) is 22.4 Å². The van der Waals surface area contributed by atoms with Crippen molar-refractivity contribution in [3.8, 4) is 0 Å². The fraction of sp³-hybridized carbons (Fsp3) is 0.636. The van der Waals surface area contributed by atoms with E-state index >= 15 is 0 Å². The number of nitrogens with zero attached hydrogens (tertiary/aromatic N) is 1. The van der Waals surface area contributed by atoms with Crippen molar-refractivity contribution in [1.82, 2.24) is 9.62 Å². The number of hydrogen-bond acceptors (Lipinski definition) is 4. The monoisotopic (exact) mass is 386 g/mol. The molecule has 3 rings (SSSR count). The topological polar surface area (TPSA) is 49.4 Å². The molecular weight excluding hydrogens is 372 g/mol. The molecule has 0 aromatic carbocycles. The van der Waals surface area contributed by atoms with Crippen LogP contribution in [-0.4, -0.2) is 38.9 Å². The second kappa shape index (κ2) is 5.61. The molecule has 0 unspecified atom stereocenters. The van der Waals surface area contributed by atoms with Gasteiger partial charge in [-0.05, 0) is 59.4 Å². The number of hydrogen-bond donors (Lipinski definition) is 1. The van der Waals surface area contributed by atoms with Crippen LogP contribution in [0, 0.1) is 18.8 Å². The van der Waals surface area contributed by atoms with Crippen LogP contribution in [0.25, 0.3) is 0 Å². The van der Waals surface area contributed by atoms with Gasteiger partial charge in [0, 0.05) is 13.1 Å². The molecule has 19 heavy (non-hydrogen) atoms. The molecule has 1 N–H and O–H groups in total. The van der Waals surface area contributed by atoms with Crippen molar-refractivity contribution in [1.29, 1.82) is 0 Å². The van der Waals surface area contributed by atoms with Gasteiger partial charge in [0.1, 0.15) is 4.21 Å². The van der Waals surface area contributed by atoms with Gasteiger partial charge < -0.3 is 5.32 Å². The predicted molar refractivity (Wildman–Crippen MR) is 82.6 cm³/mol. The third-order valence-electron chi connectivity index (χ3n) is 3.78. The van der Waals surface area contributed by atoms with Crippen molar-refractivity contribution in [2.24, 2.45) is 11.8 Å². The number of thiophene rings is 1. The van der Waals surface area contributed by atoms with E-state index in [9.17, 15) is 8.42 Å². The maximum absolute atomic E-state index is 12.5. The SMILES string of the molecule is Cc1cc(S(=O)(=O)N2C[C@H]3CNC[C@H]3C2)sc1Br.Cl. The Kier molecular flexibility index (Phi) is 4.65. The fourth-order valence-corrected chi connectivity index (χ4v) is 6.63. The van der Waals surface area contributed by atoms with E-state index in [0.29, 0.717) is 29.1 Å². The molecule has 2 fully saturated rings. The Morgan fingerprint density at radius 3 is 2.42 bits per heavy atom. The lowest BCUT2D eigenvalue weighted by molar-refractivity contribution is 0.449. The average Bonchev–Trinajstić information content (AvgIpc) is 2.93. The van der Waals surface area contributed by atoms with Crippen molar-refractivity contribution < 1.29 is 8.42 Å². The van der Waals surface area contributed by atoms with Gasteiger partial charge in [0.15, 0.2) is 0 Å².